The first-order valence-electron chi connectivity index (χ1n) is 9.80. The van der Waals surface area contributed by atoms with Crippen LogP contribution < -0.4 is 22.1 Å². The van der Waals surface area contributed by atoms with Crippen LogP contribution >= 0.6 is 0 Å². The minimum Gasteiger partial charge on any atom is -0.464 e. The molecule has 156 valence electrons. The van der Waals surface area contributed by atoms with Crippen LogP contribution in [0.15, 0.2) is 72.8 Å². The number of rotatable bonds is 7. The highest BCUT2D eigenvalue weighted by molar-refractivity contribution is 6.14. The summed E-state index contributed by atoms with van der Waals surface area (Å²) in [6, 6.07) is 23.1. The van der Waals surface area contributed by atoms with Crippen LogP contribution in [0.25, 0.3) is 5.41 Å². The van der Waals surface area contributed by atoms with Gasteiger partial charge in [-0.15, -0.1) is 0 Å². The second kappa shape index (κ2) is 10.1. The van der Waals surface area contributed by atoms with Crippen molar-refractivity contribution in [2.45, 2.75) is 12.3 Å². The van der Waals surface area contributed by atoms with E-state index in [1.165, 1.54) is 0 Å². The number of nitrogens with two attached hydrogens (primary N) is 2. The molecule has 3 aromatic carbocycles. The summed E-state index contributed by atoms with van der Waals surface area (Å²) in [6.07, 6.45) is 0.506. The third-order valence-electron chi connectivity index (χ3n) is 4.80. The minimum atomic E-state index is -0.392. The molecule has 0 fully saturated rings. The Labute approximate surface area is 181 Å². The summed E-state index contributed by atoms with van der Waals surface area (Å²) in [7, 11) is 0. The van der Waals surface area contributed by atoms with Gasteiger partial charge in [0.1, 0.15) is 0 Å². The van der Waals surface area contributed by atoms with E-state index in [0.717, 1.165) is 5.56 Å². The smallest absolute Gasteiger partial charge is 0.231 e. The second-order valence-corrected chi connectivity index (χ2v) is 7.00. The third-order valence-corrected chi connectivity index (χ3v) is 4.80. The molecular formula is C24H23N6O-. The fraction of sp³-hybridized carbons (Fsp3) is 0.125. The topological polar surface area (TPSA) is 139 Å². The van der Waals surface area contributed by atoms with Crippen molar-refractivity contribution in [2.75, 3.05) is 22.9 Å². The number of nitrogens with one attached hydrogen (secondary N) is 2. The number of amidine groups is 1. The van der Waals surface area contributed by atoms with Crippen molar-refractivity contribution < 1.29 is 4.79 Å². The largest absolute Gasteiger partial charge is 0.464 e. The Bertz CT molecular complexity index is 1120. The lowest BCUT2D eigenvalue weighted by molar-refractivity contribution is -0.117. The Hall–Kier alpha value is -4.15. The van der Waals surface area contributed by atoms with Gasteiger partial charge in [0.15, 0.2) is 0 Å². The van der Waals surface area contributed by atoms with Gasteiger partial charge in [0.25, 0.3) is 0 Å². The van der Waals surface area contributed by atoms with E-state index < -0.39 is 5.92 Å². The second-order valence-electron chi connectivity index (χ2n) is 7.00. The van der Waals surface area contributed by atoms with E-state index >= 15 is 0 Å². The van der Waals surface area contributed by atoms with Gasteiger partial charge in [-0.2, -0.15) is 5.26 Å². The molecule has 1 atom stereocenters. The highest BCUT2D eigenvalue weighted by Gasteiger charge is 2.20. The molecule has 7 heteroatoms. The van der Waals surface area contributed by atoms with E-state index in [4.69, 9.17) is 16.7 Å². The summed E-state index contributed by atoms with van der Waals surface area (Å²) in [6.45, 7) is 0.375. The van der Waals surface area contributed by atoms with E-state index in [-0.39, 0.29) is 11.7 Å². The lowest BCUT2D eigenvalue weighted by atomic mass is 9.94. The lowest BCUT2D eigenvalue weighted by Gasteiger charge is -2.21. The molecule has 3 rings (SSSR count). The maximum Gasteiger partial charge on any atom is 0.231 e. The first kappa shape index (κ1) is 21.6. The molecule has 0 aliphatic heterocycles. The Kier molecular flexibility index (Phi) is 6.99. The number of nitrogens with zero attached hydrogens (tertiary/aromatic N) is 2. The van der Waals surface area contributed by atoms with Gasteiger partial charge < -0.3 is 27.5 Å². The zero-order valence-corrected chi connectivity index (χ0v) is 16.9. The third kappa shape index (κ3) is 5.47. The molecule has 0 aliphatic carbocycles. The monoisotopic (exact) mass is 411 g/mol. The molecule has 0 radical (unpaired) electrons. The van der Waals surface area contributed by atoms with Gasteiger partial charge in [-0.05, 0) is 60.1 Å². The number of hydrogen-bond donors (Lipinski definition) is 4. The van der Waals surface area contributed by atoms with Gasteiger partial charge in [0, 0.05) is 11.4 Å². The molecule has 0 heterocycles. The molecule has 0 spiro atoms. The summed E-state index contributed by atoms with van der Waals surface area (Å²) >= 11 is 0. The molecule has 6 N–H and O–H groups in total. The van der Waals surface area contributed by atoms with E-state index in [9.17, 15) is 10.2 Å². The van der Waals surface area contributed by atoms with Gasteiger partial charge in [-0.3, -0.25) is 4.79 Å². The Balaban J connectivity index is 1.79. The fourth-order valence-electron chi connectivity index (χ4n) is 3.24. The first-order valence-corrected chi connectivity index (χ1v) is 9.80. The van der Waals surface area contributed by atoms with Crippen LogP contribution in [-0.2, 0) is 4.79 Å². The highest BCUT2D eigenvalue weighted by atomic mass is 16.1. The predicted octanol–water partition coefficient (Wildman–Crippen LogP) is 3.64. The molecule has 0 saturated heterocycles. The number of anilines is 3. The minimum absolute atomic E-state index is 0.190. The van der Waals surface area contributed by atoms with Crippen LogP contribution in [0, 0.1) is 11.3 Å². The van der Waals surface area contributed by atoms with Crippen LogP contribution in [0.1, 0.15) is 29.0 Å². The van der Waals surface area contributed by atoms with Gasteiger partial charge in [-0.25, -0.2) is 0 Å². The van der Waals surface area contributed by atoms with E-state index in [0.29, 0.717) is 41.2 Å². The average Bonchev–Trinajstić information content (AvgIpc) is 2.79. The van der Waals surface area contributed by atoms with Gasteiger partial charge in [0.2, 0.25) is 5.91 Å². The van der Waals surface area contributed by atoms with Crippen molar-refractivity contribution in [3.05, 3.63) is 94.9 Å². The van der Waals surface area contributed by atoms with Crippen molar-refractivity contribution in [1.29, 1.82) is 5.26 Å². The van der Waals surface area contributed by atoms with Crippen molar-refractivity contribution in [2.24, 2.45) is 5.73 Å². The zero-order chi connectivity index (χ0) is 22.2. The van der Waals surface area contributed by atoms with E-state index in [1.807, 2.05) is 36.4 Å². The van der Waals surface area contributed by atoms with Gasteiger partial charge in [-0.1, -0.05) is 48.3 Å². The van der Waals surface area contributed by atoms with E-state index in [2.05, 4.69) is 10.6 Å². The summed E-state index contributed by atoms with van der Waals surface area (Å²) in [5, 5.41) is 25.3. The Morgan fingerprint density at radius 1 is 1.00 bits per heavy atom. The molecule has 0 aliphatic rings. The fourth-order valence-corrected chi connectivity index (χ4v) is 3.24. The maximum absolute atomic E-state index is 12.9. The molecule has 1 unspecified atom stereocenters. The summed E-state index contributed by atoms with van der Waals surface area (Å²) < 4.78 is 0. The highest BCUT2D eigenvalue weighted by Crippen LogP contribution is 2.24. The SMILES string of the molecule is N#Cc1cccc(NC(=[N-])c2cc(NC(=O)C(CCN)c3ccccc3)ccc2N)c1. The number of hydrogen-bond acceptors (Lipinski definition) is 4. The average molecular weight is 411 g/mol. The molecule has 0 bridgehead atoms. The Morgan fingerprint density at radius 3 is 2.45 bits per heavy atom. The van der Waals surface area contributed by atoms with Crippen molar-refractivity contribution in [1.82, 2.24) is 0 Å². The first-order chi connectivity index (χ1) is 15.0. The van der Waals surface area contributed by atoms with Gasteiger partial charge in [0.05, 0.1) is 17.6 Å². The summed E-state index contributed by atoms with van der Waals surface area (Å²) in [4.78, 5) is 12.9. The van der Waals surface area contributed by atoms with E-state index in [1.54, 1.807) is 42.5 Å². The van der Waals surface area contributed by atoms with Crippen molar-refractivity contribution in [3.8, 4) is 6.07 Å². The number of nitrogen functional groups attached to an aromatic ring is 1. The predicted molar refractivity (Wildman–Crippen MR) is 125 cm³/mol. The molecule has 1 amide bonds. The van der Waals surface area contributed by atoms with Crippen molar-refractivity contribution >= 4 is 28.8 Å². The zero-order valence-electron chi connectivity index (χ0n) is 16.9. The molecular weight excluding hydrogens is 388 g/mol. The molecule has 0 aromatic heterocycles. The summed E-state index contributed by atoms with van der Waals surface area (Å²) in [5.74, 6) is -0.775. The molecule has 31 heavy (non-hydrogen) atoms. The lowest BCUT2D eigenvalue weighted by Crippen LogP contribution is -2.24. The molecule has 7 nitrogen and oxygen atoms in total. The number of amides is 1. The van der Waals surface area contributed by atoms with Gasteiger partial charge >= 0.3 is 0 Å². The van der Waals surface area contributed by atoms with Crippen LogP contribution in [0.2, 0.25) is 0 Å². The van der Waals surface area contributed by atoms with Crippen LogP contribution in [0.3, 0.4) is 0 Å². The van der Waals surface area contributed by atoms with Crippen LogP contribution in [-0.4, -0.2) is 18.3 Å². The van der Waals surface area contributed by atoms with Crippen LogP contribution in [0.4, 0.5) is 17.1 Å². The van der Waals surface area contributed by atoms with Crippen LogP contribution in [0.5, 0.6) is 0 Å². The Morgan fingerprint density at radius 2 is 1.74 bits per heavy atom. The van der Waals surface area contributed by atoms with Crippen molar-refractivity contribution in [3.63, 3.8) is 0 Å². The molecule has 0 saturated carbocycles. The normalized spacial score (nSPS) is 11.2. The number of carbonyl (C=O) groups is 1. The summed E-state index contributed by atoms with van der Waals surface area (Å²) in [5.41, 5.74) is 14.8. The maximum atomic E-state index is 12.9. The molecule has 3 aromatic rings. The number of nitriles is 1. The number of carbonyl (C=O) groups excluding carboxylic acids is 1. The standard InChI is InChI=1S/C24H23N6O/c25-12-11-20(17-6-2-1-3-7-17)24(31)30-19-9-10-22(27)21(14-19)23(28)29-18-8-4-5-16(13-18)15-26/h1-10,13-14,20H,11-12,25H2,(H4-,27,28,29,30,31)/q-1. The number of benzene rings is 3. The quantitative estimate of drug-likeness (QED) is 0.267.